The van der Waals surface area contributed by atoms with Crippen molar-refractivity contribution in [2.75, 3.05) is 24.7 Å². The highest BCUT2D eigenvalue weighted by molar-refractivity contribution is 6.06. The van der Waals surface area contributed by atoms with Gasteiger partial charge in [-0.25, -0.2) is 0 Å². The van der Waals surface area contributed by atoms with E-state index in [2.05, 4.69) is 0 Å². The van der Waals surface area contributed by atoms with Gasteiger partial charge in [-0.1, -0.05) is 43.4 Å². The maximum Gasteiger partial charge on any atom is 0.313 e. The van der Waals surface area contributed by atoms with Crippen LogP contribution in [0.5, 0.6) is 0 Å². The number of ether oxygens (including phenoxy) is 2. The third kappa shape index (κ3) is 3.84. The van der Waals surface area contributed by atoms with Crippen molar-refractivity contribution in [2.24, 2.45) is 11.8 Å². The predicted molar refractivity (Wildman–Crippen MR) is 138 cm³/mol. The third-order valence-electron chi connectivity index (χ3n) is 8.42. The van der Waals surface area contributed by atoms with Crippen LogP contribution in [0, 0.1) is 25.7 Å². The molecule has 4 aliphatic heterocycles. The summed E-state index contributed by atoms with van der Waals surface area (Å²) in [6.07, 6.45) is 9.38. The molecule has 1 spiro atoms. The zero-order valence-electron chi connectivity index (χ0n) is 22.0. The lowest BCUT2D eigenvalue weighted by atomic mass is 9.74. The van der Waals surface area contributed by atoms with E-state index in [-0.39, 0.29) is 25.0 Å². The van der Waals surface area contributed by atoms with Gasteiger partial charge in [-0.3, -0.25) is 14.4 Å². The molecule has 1 unspecified atom stereocenters. The number of carbonyl (C=O) groups excluding carboxylic acids is 3. The first-order chi connectivity index (χ1) is 17.7. The summed E-state index contributed by atoms with van der Waals surface area (Å²) in [4.78, 5) is 45.4. The van der Waals surface area contributed by atoms with Gasteiger partial charge in [0.1, 0.15) is 17.6 Å². The maximum absolute atomic E-state index is 14.5. The lowest BCUT2D eigenvalue weighted by Crippen LogP contribution is -2.58. The highest BCUT2D eigenvalue weighted by Crippen LogP contribution is 2.57. The van der Waals surface area contributed by atoms with Crippen molar-refractivity contribution in [1.29, 1.82) is 0 Å². The van der Waals surface area contributed by atoms with Crippen LogP contribution in [0.2, 0.25) is 0 Å². The molecule has 6 atom stereocenters. The molecule has 8 heteroatoms. The average Bonchev–Trinajstić information content (AvgIpc) is 3.21. The van der Waals surface area contributed by atoms with Crippen LogP contribution in [0.25, 0.3) is 0 Å². The first-order valence-corrected chi connectivity index (χ1v) is 13.2. The first kappa shape index (κ1) is 25.7. The summed E-state index contributed by atoms with van der Waals surface area (Å²) >= 11 is 0. The number of aliphatic hydroxyl groups excluding tert-OH is 1. The second-order valence-corrected chi connectivity index (χ2v) is 10.8. The van der Waals surface area contributed by atoms with Gasteiger partial charge in [0.05, 0.1) is 30.8 Å². The number of hydrogen-bond donors (Lipinski definition) is 1. The van der Waals surface area contributed by atoms with Crippen molar-refractivity contribution in [3.05, 3.63) is 53.6 Å². The fourth-order valence-corrected chi connectivity index (χ4v) is 6.61. The Morgan fingerprint density at radius 1 is 1.11 bits per heavy atom. The molecule has 0 radical (unpaired) electrons. The number of esters is 1. The zero-order chi connectivity index (χ0) is 26.5. The Morgan fingerprint density at radius 2 is 1.89 bits per heavy atom. The van der Waals surface area contributed by atoms with Crippen molar-refractivity contribution in [1.82, 2.24) is 4.90 Å². The van der Waals surface area contributed by atoms with E-state index in [1.165, 1.54) is 4.90 Å². The molecule has 1 aromatic rings. The summed E-state index contributed by atoms with van der Waals surface area (Å²) < 4.78 is 12.4. The Morgan fingerprint density at radius 3 is 2.62 bits per heavy atom. The van der Waals surface area contributed by atoms with Gasteiger partial charge in [0.25, 0.3) is 5.91 Å². The zero-order valence-corrected chi connectivity index (χ0v) is 22.0. The van der Waals surface area contributed by atoms with Crippen LogP contribution in [0.4, 0.5) is 5.69 Å². The Hall–Kier alpha value is -2.97. The van der Waals surface area contributed by atoms with Crippen LogP contribution >= 0.6 is 0 Å². The minimum Gasteiger partial charge on any atom is -0.465 e. The molecule has 4 heterocycles. The Labute approximate surface area is 217 Å². The van der Waals surface area contributed by atoms with Gasteiger partial charge in [0, 0.05) is 12.2 Å². The Balaban J connectivity index is 1.69. The number of nitrogens with zero attached hydrogens (tertiary/aromatic N) is 2. The summed E-state index contributed by atoms with van der Waals surface area (Å²) in [7, 11) is 0. The molecule has 0 bridgehead atoms. The number of aryl methyl sites for hydroxylation is 2. The summed E-state index contributed by atoms with van der Waals surface area (Å²) in [5.74, 6) is -2.99. The summed E-state index contributed by atoms with van der Waals surface area (Å²) in [5, 5.41) is 10.2. The minimum atomic E-state index is -1.37. The van der Waals surface area contributed by atoms with Crippen molar-refractivity contribution in [3.63, 3.8) is 0 Å². The number of fused-ring (bicyclic) bond motifs is 2. The van der Waals surface area contributed by atoms with Crippen molar-refractivity contribution in [2.45, 2.75) is 70.2 Å². The number of aliphatic hydroxyl groups is 1. The van der Waals surface area contributed by atoms with Crippen LogP contribution in [0.3, 0.4) is 0 Å². The molecule has 1 aromatic carbocycles. The summed E-state index contributed by atoms with van der Waals surface area (Å²) in [5.41, 5.74) is 0.235. The van der Waals surface area contributed by atoms with E-state index in [1.54, 1.807) is 11.8 Å². The molecule has 2 saturated heterocycles. The second kappa shape index (κ2) is 9.40. The number of likely N-dealkylation sites (tertiary alicyclic amines) is 1. The van der Waals surface area contributed by atoms with E-state index < -0.39 is 41.1 Å². The molecule has 0 aliphatic carbocycles. The van der Waals surface area contributed by atoms with Crippen LogP contribution in [-0.2, 0) is 23.9 Å². The van der Waals surface area contributed by atoms with E-state index in [9.17, 15) is 19.5 Å². The minimum absolute atomic E-state index is 0.264. The largest absolute Gasteiger partial charge is 0.465 e. The number of amides is 2. The lowest BCUT2D eigenvalue weighted by Gasteiger charge is -2.40. The molecule has 2 fully saturated rings. The molecule has 198 valence electrons. The van der Waals surface area contributed by atoms with Crippen LogP contribution in [0.1, 0.15) is 44.2 Å². The second-order valence-electron chi connectivity index (χ2n) is 10.8. The van der Waals surface area contributed by atoms with Gasteiger partial charge < -0.3 is 24.4 Å². The molecular weight excluding hydrogens is 472 g/mol. The molecule has 4 aliphatic rings. The third-order valence-corrected chi connectivity index (χ3v) is 8.42. The monoisotopic (exact) mass is 508 g/mol. The standard InChI is InChI=1S/C29H36N2O6/c1-5-20(17-32)31-24-26(34)30(21-16-18(2)10-11-19(21)3)14-9-13-29(24)22(25(31)33)23-27(35)36-15-8-6-7-12-28(23,4)37-29/h7,9-13,16,20,22-24,32H,5-6,8,14-15,17H2,1-4H3/b12-7-/t20-,22-,23+,24?,28-,29-/m0/s1. The smallest absolute Gasteiger partial charge is 0.313 e. The van der Waals surface area contributed by atoms with Gasteiger partial charge >= 0.3 is 5.97 Å². The van der Waals surface area contributed by atoms with E-state index in [0.717, 1.165) is 23.2 Å². The quantitative estimate of drug-likeness (QED) is 0.496. The van der Waals surface area contributed by atoms with Gasteiger partial charge in [0.2, 0.25) is 5.91 Å². The molecule has 1 N–H and O–H groups in total. The van der Waals surface area contributed by atoms with E-state index in [0.29, 0.717) is 19.4 Å². The van der Waals surface area contributed by atoms with Gasteiger partial charge in [-0.15, -0.1) is 0 Å². The topological polar surface area (TPSA) is 96.4 Å². The molecule has 2 amide bonds. The first-order valence-electron chi connectivity index (χ1n) is 13.2. The lowest BCUT2D eigenvalue weighted by molar-refractivity contribution is -0.159. The van der Waals surface area contributed by atoms with Gasteiger partial charge in [-0.05, 0) is 57.2 Å². The normalized spacial score (nSPS) is 35.1. The number of benzene rings is 1. The predicted octanol–water partition coefficient (Wildman–Crippen LogP) is 2.84. The van der Waals surface area contributed by atoms with E-state index in [4.69, 9.17) is 9.47 Å². The van der Waals surface area contributed by atoms with E-state index >= 15 is 0 Å². The summed E-state index contributed by atoms with van der Waals surface area (Å²) in [6.45, 7) is 7.87. The fourth-order valence-electron chi connectivity index (χ4n) is 6.61. The molecule has 0 aromatic heterocycles. The van der Waals surface area contributed by atoms with Crippen LogP contribution in [-0.4, -0.2) is 70.8 Å². The summed E-state index contributed by atoms with van der Waals surface area (Å²) in [6, 6.07) is 4.32. The van der Waals surface area contributed by atoms with Crippen molar-refractivity contribution < 1.29 is 29.0 Å². The Bertz CT molecular complexity index is 1170. The fraction of sp³-hybridized carbons (Fsp3) is 0.552. The van der Waals surface area contributed by atoms with Gasteiger partial charge in [-0.2, -0.15) is 0 Å². The van der Waals surface area contributed by atoms with Crippen molar-refractivity contribution in [3.8, 4) is 0 Å². The average molecular weight is 509 g/mol. The highest BCUT2D eigenvalue weighted by Gasteiger charge is 2.75. The SMILES string of the molecule is CC[C@@H](CO)N1C(=O)[C@@H]2[C@@H]3C(=O)OCCC/C=C\[C@]3(C)O[C@@]23C=CCN(c2cc(C)ccc2C)C(=O)C13. The number of rotatable bonds is 4. The molecule has 8 nitrogen and oxygen atoms in total. The highest BCUT2D eigenvalue weighted by atomic mass is 16.6. The van der Waals surface area contributed by atoms with Crippen molar-refractivity contribution >= 4 is 23.5 Å². The number of anilines is 1. The number of cyclic esters (lactones) is 1. The molecular formula is C29H36N2O6. The maximum atomic E-state index is 14.5. The van der Waals surface area contributed by atoms with E-state index in [1.807, 2.05) is 63.3 Å². The van der Waals surface area contributed by atoms with Gasteiger partial charge in [0.15, 0.2) is 0 Å². The number of carbonyl (C=O) groups is 3. The molecule has 37 heavy (non-hydrogen) atoms. The number of hydrogen-bond acceptors (Lipinski definition) is 6. The number of allylic oxidation sites excluding steroid dienone is 1. The van der Waals surface area contributed by atoms with Crippen LogP contribution < -0.4 is 4.90 Å². The van der Waals surface area contributed by atoms with Crippen LogP contribution in [0.15, 0.2) is 42.5 Å². The molecule has 0 saturated carbocycles. The molecule has 5 rings (SSSR count). The Kier molecular flexibility index (Phi) is 6.52.